The van der Waals surface area contributed by atoms with Crippen LogP contribution in [0.4, 0.5) is 17.6 Å². The summed E-state index contributed by atoms with van der Waals surface area (Å²) in [5.41, 5.74) is -0.865. The summed E-state index contributed by atoms with van der Waals surface area (Å²) in [6.45, 7) is 2.82. The zero-order valence-electron chi connectivity index (χ0n) is 6.36. The lowest BCUT2D eigenvalue weighted by Crippen LogP contribution is -2.59. The molecule has 0 spiro atoms. The van der Waals surface area contributed by atoms with Crippen molar-refractivity contribution in [3.63, 3.8) is 0 Å². The van der Waals surface area contributed by atoms with Crippen LogP contribution in [0.2, 0.25) is 0 Å². The SMILES string of the molecule is C=C(C(=O)O)C1CC(F)(F)C1(F)F. The number of carbonyl (C=O) groups is 1. The molecule has 0 radical (unpaired) electrons. The van der Waals surface area contributed by atoms with E-state index in [2.05, 4.69) is 6.58 Å². The van der Waals surface area contributed by atoms with Gasteiger partial charge in [-0.3, -0.25) is 0 Å². The van der Waals surface area contributed by atoms with Crippen LogP contribution in [-0.2, 0) is 4.79 Å². The smallest absolute Gasteiger partial charge is 0.331 e. The highest BCUT2D eigenvalue weighted by molar-refractivity contribution is 5.87. The van der Waals surface area contributed by atoms with Gasteiger partial charge in [0.1, 0.15) is 0 Å². The van der Waals surface area contributed by atoms with Gasteiger partial charge in [0.15, 0.2) is 0 Å². The summed E-state index contributed by atoms with van der Waals surface area (Å²) >= 11 is 0. The fraction of sp³-hybridized carbons (Fsp3) is 0.571. The van der Waals surface area contributed by atoms with Crippen molar-refractivity contribution in [1.29, 1.82) is 0 Å². The molecular weight excluding hydrogens is 192 g/mol. The Bertz CT molecular complexity index is 272. The summed E-state index contributed by atoms with van der Waals surface area (Å²) in [6.07, 6.45) is -1.15. The lowest BCUT2D eigenvalue weighted by Gasteiger charge is -2.43. The van der Waals surface area contributed by atoms with Crippen LogP contribution in [-0.4, -0.2) is 22.9 Å². The molecule has 0 aromatic carbocycles. The maximum atomic E-state index is 12.5. The average Bonchev–Trinajstić information content (AvgIpc) is 1.98. The lowest BCUT2D eigenvalue weighted by molar-refractivity contribution is -0.304. The van der Waals surface area contributed by atoms with Crippen LogP contribution in [0, 0.1) is 5.92 Å². The molecule has 1 N–H and O–H groups in total. The minimum absolute atomic E-state index is 0.865. The van der Waals surface area contributed by atoms with E-state index in [1.54, 1.807) is 0 Å². The fourth-order valence-corrected chi connectivity index (χ4v) is 1.14. The summed E-state index contributed by atoms with van der Waals surface area (Å²) in [6, 6.07) is 0. The molecule has 1 saturated carbocycles. The highest BCUT2D eigenvalue weighted by Gasteiger charge is 2.72. The number of carboxylic acid groups (broad SMARTS) is 1. The van der Waals surface area contributed by atoms with Crippen LogP contribution in [0.1, 0.15) is 6.42 Å². The summed E-state index contributed by atoms with van der Waals surface area (Å²) in [5, 5.41) is 8.24. The van der Waals surface area contributed by atoms with Gasteiger partial charge in [-0.1, -0.05) is 6.58 Å². The molecule has 1 aliphatic carbocycles. The third kappa shape index (κ3) is 1.20. The van der Waals surface area contributed by atoms with Crippen molar-refractivity contribution < 1.29 is 27.5 Å². The number of alkyl halides is 4. The maximum Gasteiger partial charge on any atom is 0.331 e. The van der Waals surface area contributed by atoms with Crippen molar-refractivity contribution in [1.82, 2.24) is 0 Å². The van der Waals surface area contributed by atoms with E-state index < -0.39 is 35.7 Å². The highest BCUT2D eigenvalue weighted by Crippen LogP contribution is 2.57. The molecule has 1 fully saturated rings. The summed E-state index contributed by atoms with van der Waals surface area (Å²) in [7, 11) is 0. The Balaban J connectivity index is 2.81. The normalized spacial score (nSPS) is 29.1. The molecule has 74 valence electrons. The van der Waals surface area contributed by atoms with Crippen molar-refractivity contribution in [3.05, 3.63) is 12.2 Å². The zero-order chi connectivity index (χ0) is 10.4. The number of halogens is 4. The maximum absolute atomic E-state index is 12.5. The molecule has 0 aromatic rings. The Labute approximate surface area is 70.9 Å². The van der Waals surface area contributed by atoms with Crippen molar-refractivity contribution in [2.24, 2.45) is 5.92 Å². The van der Waals surface area contributed by atoms with E-state index in [0.717, 1.165) is 0 Å². The second kappa shape index (κ2) is 2.46. The van der Waals surface area contributed by atoms with E-state index in [-0.39, 0.29) is 0 Å². The molecule has 1 rings (SSSR count). The molecule has 0 bridgehead atoms. The van der Waals surface area contributed by atoms with Gasteiger partial charge in [0.05, 0.1) is 5.92 Å². The van der Waals surface area contributed by atoms with Crippen molar-refractivity contribution in [3.8, 4) is 0 Å². The molecule has 13 heavy (non-hydrogen) atoms. The summed E-state index contributed by atoms with van der Waals surface area (Å²) in [4.78, 5) is 10.2. The second-order valence-corrected chi connectivity index (χ2v) is 2.91. The van der Waals surface area contributed by atoms with Gasteiger partial charge in [-0.05, 0) is 0 Å². The van der Waals surface area contributed by atoms with Gasteiger partial charge in [0.2, 0.25) is 0 Å². The molecule has 1 unspecified atom stereocenters. The summed E-state index contributed by atoms with van der Waals surface area (Å²) in [5.74, 6) is -12.0. The van der Waals surface area contributed by atoms with Crippen LogP contribution < -0.4 is 0 Å². The van der Waals surface area contributed by atoms with Crippen LogP contribution in [0.3, 0.4) is 0 Å². The summed E-state index contributed by atoms with van der Waals surface area (Å²) < 4.78 is 49.4. The van der Waals surface area contributed by atoms with E-state index in [9.17, 15) is 22.4 Å². The monoisotopic (exact) mass is 198 g/mol. The van der Waals surface area contributed by atoms with Crippen LogP contribution >= 0.6 is 0 Å². The zero-order valence-corrected chi connectivity index (χ0v) is 6.36. The number of rotatable bonds is 2. The number of aliphatic carboxylic acids is 1. The molecule has 0 aliphatic heterocycles. The van der Waals surface area contributed by atoms with Gasteiger partial charge < -0.3 is 5.11 Å². The first-order valence-corrected chi connectivity index (χ1v) is 3.38. The second-order valence-electron chi connectivity index (χ2n) is 2.91. The molecule has 2 nitrogen and oxygen atoms in total. The molecule has 0 saturated heterocycles. The standard InChI is InChI=1S/C7H6F4O2/c1-3(5(12)13)4-2-6(8,9)7(4,10)11/h4H,1-2H2,(H,12,13). The molecule has 0 amide bonds. The molecule has 1 aliphatic rings. The van der Waals surface area contributed by atoms with E-state index >= 15 is 0 Å². The van der Waals surface area contributed by atoms with Crippen LogP contribution in [0.15, 0.2) is 12.2 Å². The largest absolute Gasteiger partial charge is 0.478 e. The quantitative estimate of drug-likeness (QED) is 0.543. The van der Waals surface area contributed by atoms with Gasteiger partial charge >= 0.3 is 17.8 Å². The third-order valence-corrected chi connectivity index (χ3v) is 2.08. The highest BCUT2D eigenvalue weighted by atomic mass is 19.3. The third-order valence-electron chi connectivity index (χ3n) is 2.08. The van der Waals surface area contributed by atoms with E-state index in [1.807, 2.05) is 0 Å². The topological polar surface area (TPSA) is 37.3 Å². The van der Waals surface area contributed by atoms with E-state index in [1.165, 1.54) is 0 Å². The van der Waals surface area contributed by atoms with Crippen LogP contribution in [0.25, 0.3) is 0 Å². The molecule has 0 heterocycles. The van der Waals surface area contributed by atoms with Crippen LogP contribution in [0.5, 0.6) is 0 Å². The Morgan fingerprint density at radius 1 is 1.38 bits per heavy atom. The first-order chi connectivity index (χ1) is 5.70. The Morgan fingerprint density at radius 3 is 2.08 bits per heavy atom. The number of carboxylic acids is 1. The Hall–Kier alpha value is -1.07. The molecule has 1 atom stereocenters. The van der Waals surface area contributed by atoms with Crippen molar-refractivity contribution in [2.45, 2.75) is 18.3 Å². The van der Waals surface area contributed by atoms with Gasteiger partial charge in [-0.2, -0.15) is 17.6 Å². The Morgan fingerprint density at radius 2 is 1.85 bits per heavy atom. The fourth-order valence-electron chi connectivity index (χ4n) is 1.14. The number of hydrogen-bond donors (Lipinski definition) is 1. The predicted octanol–water partition coefficient (Wildman–Crippen LogP) is 1.92. The van der Waals surface area contributed by atoms with Gasteiger partial charge in [-0.25, -0.2) is 4.79 Å². The van der Waals surface area contributed by atoms with E-state index in [0.29, 0.717) is 0 Å². The van der Waals surface area contributed by atoms with E-state index in [4.69, 9.17) is 5.11 Å². The van der Waals surface area contributed by atoms with Gasteiger partial charge in [0, 0.05) is 12.0 Å². The molecule has 0 aromatic heterocycles. The predicted molar refractivity (Wildman–Crippen MR) is 34.8 cm³/mol. The molecular formula is C7H6F4O2. The first-order valence-electron chi connectivity index (χ1n) is 3.38. The van der Waals surface area contributed by atoms with Gasteiger partial charge in [-0.15, -0.1) is 0 Å². The van der Waals surface area contributed by atoms with Crippen molar-refractivity contribution in [2.75, 3.05) is 0 Å². The molecule has 6 heteroatoms. The average molecular weight is 198 g/mol. The minimum Gasteiger partial charge on any atom is -0.478 e. The number of hydrogen-bond acceptors (Lipinski definition) is 1. The minimum atomic E-state index is -4.28. The Kier molecular flexibility index (Phi) is 1.90. The first kappa shape index (κ1) is 10.0. The lowest BCUT2D eigenvalue weighted by atomic mass is 9.73. The van der Waals surface area contributed by atoms with Gasteiger partial charge in [0.25, 0.3) is 0 Å². The van der Waals surface area contributed by atoms with Crippen molar-refractivity contribution >= 4 is 5.97 Å².